The number of rotatable bonds is 13. The van der Waals surface area contributed by atoms with Crippen LogP contribution < -0.4 is 19.1 Å². The van der Waals surface area contributed by atoms with Crippen molar-refractivity contribution in [1.82, 2.24) is 10.2 Å². The van der Waals surface area contributed by atoms with E-state index in [1.54, 1.807) is 43.3 Å². The van der Waals surface area contributed by atoms with E-state index in [0.717, 1.165) is 21.9 Å². The summed E-state index contributed by atoms with van der Waals surface area (Å²) in [6.07, 6.45) is 0.742. The van der Waals surface area contributed by atoms with Gasteiger partial charge in [-0.15, -0.1) is 0 Å². The lowest BCUT2D eigenvalue weighted by Crippen LogP contribution is -2.51. The van der Waals surface area contributed by atoms with Crippen molar-refractivity contribution in [2.75, 3.05) is 31.6 Å². The van der Waals surface area contributed by atoms with Gasteiger partial charge in [-0.25, -0.2) is 8.42 Å². The van der Waals surface area contributed by atoms with Gasteiger partial charge in [0.25, 0.3) is 10.0 Å². The minimum Gasteiger partial charge on any atom is -0.497 e. The molecule has 1 N–H and O–H groups in total. The van der Waals surface area contributed by atoms with E-state index in [1.807, 2.05) is 38.1 Å². The smallest absolute Gasteiger partial charge is 0.264 e. The van der Waals surface area contributed by atoms with Gasteiger partial charge in [-0.2, -0.15) is 0 Å². The minimum absolute atomic E-state index is 0.0222. The molecule has 3 aromatic carbocycles. The quantitative estimate of drug-likeness (QED) is 0.333. The first-order valence-corrected chi connectivity index (χ1v) is 14.5. The number of carbonyl (C=O) groups is 2. The zero-order valence-corrected chi connectivity index (χ0v) is 24.4. The van der Waals surface area contributed by atoms with E-state index in [1.165, 1.54) is 31.3 Å². The van der Waals surface area contributed by atoms with Gasteiger partial charge < -0.3 is 19.7 Å². The number of sulfonamides is 1. The Morgan fingerprint density at radius 1 is 0.950 bits per heavy atom. The minimum atomic E-state index is -4.23. The van der Waals surface area contributed by atoms with Gasteiger partial charge >= 0.3 is 0 Å². The maximum atomic E-state index is 14.0. The Hall–Kier alpha value is -4.05. The molecule has 9 nitrogen and oxygen atoms in total. The second-order valence-electron chi connectivity index (χ2n) is 9.34. The average Bonchev–Trinajstić information content (AvgIpc) is 2.96. The second-order valence-corrected chi connectivity index (χ2v) is 11.2. The molecule has 0 aliphatic rings. The van der Waals surface area contributed by atoms with Crippen LogP contribution in [-0.2, 0) is 26.2 Å². The van der Waals surface area contributed by atoms with Crippen LogP contribution >= 0.6 is 0 Å². The number of hydrogen-bond donors (Lipinski definition) is 1. The van der Waals surface area contributed by atoms with E-state index < -0.39 is 28.5 Å². The molecule has 0 radical (unpaired) electrons. The number of amides is 2. The van der Waals surface area contributed by atoms with E-state index >= 15 is 0 Å². The van der Waals surface area contributed by atoms with Crippen LogP contribution in [0.3, 0.4) is 0 Å². The fourth-order valence-electron chi connectivity index (χ4n) is 4.21. The van der Waals surface area contributed by atoms with Crippen LogP contribution in [0.1, 0.15) is 31.4 Å². The standard InChI is InChI=1S/C30H37N3O6S/c1-6-18-31-30(35)23(3)32(20-24-11-9-10-22(2)19-24)29(34)21-33(27-12-7-8-13-28(27)39-5)40(36,37)26-16-14-25(38-4)15-17-26/h7-17,19,23H,6,18,20-21H2,1-5H3,(H,31,35). The average molecular weight is 568 g/mol. The van der Waals surface area contributed by atoms with Gasteiger partial charge in [0.2, 0.25) is 11.8 Å². The van der Waals surface area contributed by atoms with E-state index in [0.29, 0.717) is 12.3 Å². The first-order chi connectivity index (χ1) is 19.1. The third kappa shape index (κ3) is 7.32. The lowest BCUT2D eigenvalue weighted by atomic mass is 10.1. The Morgan fingerprint density at radius 3 is 2.27 bits per heavy atom. The van der Waals surface area contributed by atoms with Gasteiger partial charge in [0.15, 0.2) is 0 Å². The fourth-order valence-corrected chi connectivity index (χ4v) is 5.63. The number of ether oxygens (including phenoxy) is 2. The van der Waals surface area contributed by atoms with Gasteiger partial charge in [-0.1, -0.05) is 48.9 Å². The van der Waals surface area contributed by atoms with E-state index in [-0.39, 0.29) is 28.8 Å². The van der Waals surface area contributed by atoms with Crippen LogP contribution in [0, 0.1) is 6.92 Å². The molecule has 0 saturated carbocycles. The summed E-state index contributed by atoms with van der Waals surface area (Å²) >= 11 is 0. The molecule has 0 aromatic heterocycles. The van der Waals surface area contributed by atoms with Gasteiger partial charge in [-0.3, -0.25) is 13.9 Å². The molecule has 0 heterocycles. The maximum Gasteiger partial charge on any atom is 0.264 e. The molecule has 0 fully saturated rings. The third-order valence-electron chi connectivity index (χ3n) is 6.43. The molecule has 0 bridgehead atoms. The molecular weight excluding hydrogens is 530 g/mol. The summed E-state index contributed by atoms with van der Waals surface area (Å²) in [5.41, 5.74) is 2.03. The van der Waals surface area contributed by atoms with Crippen molar-refractivity contribution < 1.29 is 27.5 Å². The molecule has 0 saturated heterocycles. The topological polar surface area (TPSA) is 105 Å². The number of nitrogens with one attached hydrogen (secondary N) is 1. The summed E-state index contributed by atoms with van der Waals surface area (Å²) in [7, 11) is -1.31. The highest BCUT2D eigenvalue weighted by Gasteiger charge is 2.33. The number of hydrogen-bond acceptors (Lipinski definition) is 6. The summed E-state index contributed by atoms with van der Waals surface area (Å²) in [6, 6.07) is 19.3. The van der Waals surface area contributed by atoms with Crippen LogP contribution in [-0.4, -0.2) is 58.5 Å². The molecule has 2 amide bonds. The maximum absolute atomic E-state index is 14.0. The molecule has 1 atom stereocenters. The number of carbonyl (C=O) groups excluding carboxylic acids is 2. The van der Waals surface area contributed by atoms with Gasteiger partial charge in [0.05, 0.1) is 24.8 Å². The van der Waals surface area contributed by atoms with Crippen molar-refractivity contribution in [2.24, 2.45) is 0 Å². The summed E-state index contributed by atoms with van der Waals surface area (Å²) in [6.45, 7) is 5.57. The van der Waals surface area contributed by atoms with Crippen LogP contribution in [0.5, 0.6) is 11.5 Å². The second kappa shape index (κ2) is 13.8. The molecule has 40 heavy (non-hydrogen) atoms. The molecule has 0 aliphatic carbocycles. The summed E-state index contributed by atoms with van der Waals surface area (Å²) in [5, 5.41) is 2.84. The van der Waals surface area contributed by atoms with E-state index in [9.17, 15) is 18.0 Å². The van der Waals surface area contributed by atoms with Gasteiger partial charge in [0.1, 0.15) is 24.1 Å². The van der Waals surface area contributed by atoms with Gasteiger partial charge in [-0.05, 0) is 62.2 Å². The van der Waals surface area contributed by atoms with Crippen molar-refractivity contribution >= 4 is 27.5 Å². The number of para-hydroxylation sites is 2. The van der Waals surface area contributed by atoms with Crippen molar-refractivity contribution in [1.29, 1.82) is 0 Å². The van der Waals surface area contributed by atoms with Crippen LogP contribution in [0.15, 0.2) is 77.7 Å². The van der Waals surface area contributed by atoms with Crippen molar-refractivity contribution in [3.63, 3.8) is 0 Å². The number of anilines is 1. The summed E-state index contributed by atoms with van der Waals surface area (Å²) in [5.74, 6) is -0.0742. The molecule has 0 aliphatic heterocycles. The van der Waals surface area contributed by atoms with Crippen LogP contribution in [0.2, 0.25) is 0 Å². The van der Waals surface area contributed by atoms with Crippen LogP contribution in [0.4, 0.5) is 5.69 Å². The number of methoxy groups -OCH3 is 2. The lowest BCUT2D eigenvalue weighted by Gasteiger charge is -2.32. The molecule has 3 rings (SSSR count). The predicted octanol–water partition coefficient (Wildman–Crippen LogP) is 4.15. The summed E-state index contributed by atoms with van der Waals surface area (Å²) < 4.78 is 39.6. The number of nitrogens with zero attached hydrogens (tertiary/aromatic N) is 2. The van der Waals surface area contributed by atoms with Crippen molar-refractivity contribution in [3.8, 4) is 11.5 Å². The lowest BCUT2D eigenvalue weighted by molar-refractivity contribution is -0.139. The summed E-state index contributed by atoms with van der Waals surface area (Å²) in [4.78, 5) is 28.4. The molecular formula is C30H37N3O6S. The Balaban J connectivity index is 2.06. The fraction of sp³-hybridized carbons (Fsp3) is 0.333. The highest BCUT2D eigenvalue weighted by atomic mass is 32.2. The zero-order valence-electron chi connectivity index (χ0n) is 23.6. The first-order valence-electron chi connectivity index (χ1n) is 13.0. The molecule has 1 unspecified atom stereocenters. The number of benzene rings is 3. The van der Waals surface area contributed by atoms with Gasteiger partial charge in [0, 0.05) is 13.1 Å². The van der Waals surface area contributed by atoms with E-state index in [4.69, 9.17) is 9.47 Å². The van der Waals surface area contributed by atoms with Crippen molar-refractivity contribution in [3.05, 3.63) is 83.9 Å². The monoisotopic (exact) mass is 567 g/mol. The number of aryl methyl sites for hydroxylation is 1. The first kappa shape index (κ1) is 30.5. The van der Waals surface area contributed by atoms with E-state index in [2.05, 4.69) is 5.32 Å². The van der Waals surface area contributed by atoms with Crippen molar-refractivity contribution in [2.45, 2.75) is 44.7 Å². The molecule has 10 heteroatoms. The van der Waals surface area contributed by atoms with Crippen LogP contribution in [0.25, 0.3) is 0 Å². The molecule has 0 spiro atoms. The predicted molar refractivity (Wildman–Crippen MR) is 155 cm³/mol. The molecule has 3 aromatic rings. The third-order valence-corrected chi connectivity index (χ3v) is 8.21. The SMILES string of the molecule is CCCNC(=O)C(C)N(Cc1cccc(C)c1)C(=O)CN(c1ccccc1OC)S(=O)(=O)c1ccc(OC)cc1. The normalized spacial score (nSPS) is 11.8. The highest BCUT2D eigenvalue weighted by Crippen LogP contribution is 2.33. The Morgan fingerprint density at radius 2 is 1.65 bits per heavy atom. The zero-order chi connectivity index (χ0) is 29.3. The molecule has 214 valence electrons. The Labute approximate surface area is 236 Å². The Kier molecular flexibility index (Phi) is 10.6. The Bertz CT molecular complexity index is 1410. The largest absolute Gasteiger partial charge is 0.497 e. The highest BCUT2D eigenvalue weighted by molar-refractivity contribution is 7.92.